The molecule has 0 unspecified atom stereocenters. The summed E-state index contributed by atoms with van der Waals surface area (Å²) in [6.07, 6.45) is 3.87. The van der Waals surface area contributed by atoms with Gasteiger partial charge in [0, 0.05) is 29.3 Å². The molecule has 1 aromatic carbocycles. The van der Waals surface area contributed by atoms with Gasteiger partial charge in [0.15, 0.2) is 0 Å². The first-order valence-corrected chi connectivity index (χ1v) is 7.28. The molecule has 0 bridgehead atoms. The van der Waals surface area contributed by atoms with E-state index in [1.165, 1.54) is 0 Å². The SMILES string of the molecule is CN(CC1(O)CCCC1)c1cc(Br)ccc1C(=N)N. The van der Waals surface area contributed by atoms with Crippen LogP contribution in [0.2, 0.25) is 0 Å². The van der Waals surface area contributed by atoms with Gasteiger partial charge < -0.3 is 15.7 Å². The number of halogens is 1. The van der Waals surface area contributed by atoms with E-state index in [9.17, 15) is 5.11 Å². The van der Waals surface area contributed by atoms with Gasteiger partial charge in [-0.2, -0.15) is 0 Å². The van der Waals surface area contributed by atoms with Crippen molar-refractivity contribution in [3.63, 3.8) is 0 Å². The lowest BCUT2D eigenvalue weighted by Crippen LogP contribution is -2.40. The summed E-state index contributed by atoms with van der Waals surface area (Å²) in [6, 6.07) is 5.64. The number of nitrogens with zero attached hydrogens (tertiary/aromatic N) is 1. The van der Waals surface area contributed by atoms with Crippen LogP contribution < -0.4 is 10.6 Å². The molecule has 4 N–H and O–H groups in total. The number of rotatable bonds is 4. The van der Waals surface area contributed by atoms with Crippen molar-refractivity contribution in [2.75, 3.05) is 18.5 Å². The number of aliphatic hydroxyl groups is 1. The Bertz CT molecular complexity index is 484. The van der Waals surface area contributed by atoms with E-state index in [-0.39, 0.29) is 5.84 Å². The summed E-state index contributed by atoms with van der Waals surface area (Å²) in [5.74, 6) is 0.0489. The molecule has 0 heterocycles. The molecule has 1 saturated carbocycles. The lowest BCUT2D eigenvalue weighted by molar-refractivity contribution is 0.0559. The molecule has 0 atom stereocenters. The number of benzene rings is 1. The van der Waals surface area contributed by atoms with Crippen LogP contribution in [-0.4, -0.2) is 30.1 Å². The predicted molar refractivity (Wildman–Crippen MR) is 81.8 cm³/mol. The van der Waals surface area contributed by atoms with Crippen molar-refractivity contribution in [2.45, 2.75) is 31.3 Å². The smallest absolute Gasteiger partial charge is 0.124 e. The van der Waals surface area contributed by atoms with Gasteiger partial charge in [-0.3, -0.25) is 5.41 Å². The van der Waals surface area contributed by atoms with Crippen LogP contribution in [0, 0.1) is 5.41 Å². The molecule has 4 nitrogen and oxygen atoms in total. The maximum atomic E-state index is 10.5. The number of likely N-dealkylation sites (N-methyl/N-ethyl adjacent to an activating group) is 1. The minimum atomic E-state index is -0.606. The third kappa shape index (κ3) is 3.28. The van der Waals surface area contributed by atoms with Crippen LogP contribution in [0.25, 0.3) is 0 Å². The number of anilines is 1. The topological polar surface area (TPSA) is 73.3 Å². The van der Waals surface area contributed by atoms with Crippen molar-refractivity contribution in [3.05, 3.63) is 28.2 Å². The highest BCUT2D eigenvalue weighted by Crippen LogP contribution is 2.32. The first-order chi connectivity index (χ1) is 8.91. The van der Waals surface area contributed by atoms with Crippen molar-refractivity contribution in [1.82, 2.24) is 0 Å². The van der Waals surface area contributed by atoms with Crippen LogP contribution in [-0.2, 0) is 0 Å². The number of hydrogen-bond donors (Lipinski definition) is 3. The highest BCUT2D eigenvalue weighted by Gasteiger charge is 2.32. The third-order valence-electron chi connectivity index (χ3n) is 3.73. The monoisotopic (exact) mass is 325 g/mol. The molecule has 0 saturated heterocycles. The molecule has 1 fully saturated rings. The van der Waals surface area contributed by atoms with Gasteiger partial charge in [-0.05, 0) is 31.0 Å². The quantitative estimate of drug-likeness (QED) is 0.588. The zero-order valence-electron chi connectivity index (χ0n) is 11.1. The molecule has 0 radical (unpaired) electrons. The minimum absolute atomic E-state index is 0.0489. The second-order valence-corrected chi connectivity index (χ2v) is 6.28. The molecule has 19 heavy (non-hydrogen) atoms. The third-order valence-corrected chi connectivity index (χ3v) is 4.22. The van der Waals surface area contributed by atoms with Gasteiger partial charge in [-0.1, -0.05) is 28.8 Å². The van der Waals surface area contributed by atoms with E-state index >= 15 is 0 Å². The maximum Gasteiger partial charge on any atom is 0.124 e. The summed E-state index contributed by atoms with van der Waals surface area (Å²) in [6.45, 7) is 0.573. The van der Waals surface area contributed by atoms with Crippen molar-refractivity contribution >= 4 is 27.5 Å². The number of nitrogen functional groups attached to an aromatic ring is 1. The van der Waals surface area contributed by atoms with Crippen molar-refractivity contribution in [2.24, 2.45) is 5.73 Å². The summed E-state index contributed by atoms with van der Waals surface area (Å²) >= 11 is 3.44. The normalized spacial score (nSPS) is 17.4. The summed E-state index contributed by atoms with van der Waals surface area (Å²) in [5, 5.41) is 18.1. The summed E-state index contributed by atoms with van der Waals surface area (Å²) < 4.78 is 0.942. The largest absolute Gasteiger partial charge is 0.388 e. The van der Waals surface area contributed by atoms with Gasteiger partial charge in [-0.25, -0.2) is 0 Å². The number of nitrogens with one attached hydrogen (secondary N) is 1. The second kappa shape index (κ2) is 5.51. The second-order valence-electron chi connectivity index (χ2n) is 5.36. The lowest BCUT2D eigenvalue weighted by Gasteiger charge is -2.31. The first kappa shape index (κ1) is 14.3. The number of hydrogen-bond acceptors (Lipinski definition) is 3. The van der Waals surface area contributed by atoms with Gasteiger partial charge in [0.05, 0.1) is 5.60 Å². The highest BCUT2D eigenvalue weighted by atomic mass is 79.9. The van der Waals surface area contributed by atoms with Crippen molar-refractivity contribution in [3.8, 4) is 0 Å². The predicted octanol–water partition coefficient (Wildman–Crippen LogP) is 2.47. The fraction of sp³-hybridized carbons (Fsp3) is 0.500. The lowest BCUT2D eigenvalue weighted by atomic mass is 10.0. The molecule has 1 aliphatic rings. The van der Waals surface area contributed by atoms with Crippen LogP contribution in [0.4, 0.5) is 5.69 Å². The molecular formula is C14H20BrN3O. The molecule has 0 aliphatic heterocycles. The average molecular weight is 326 g/mol. The molecule has 0 spiro atoms. The first-order valence-electron chi connectivity index (χ1n) is 6.49. The van der Waals surface area contributed by atoms with E-state index in [1.54, 1.807) is 0 Å². The van der Waals surface area contributed by atoms with Gasteiger partial charge >= 0.3 is 0 Å². The molecule has 1 aliphatic carbocycles. The molecule has 0 amide bonds. The highest BCUT2D eigenvalue weighted by molar-refractivity contribution is 9.10. The Labute approximate surface area is 122 Å². The van der Waals surface area contributed by atoms with Gasteiger partial charge in [0.1, 0.15) is 5.84 Å². The van der Waals surface area contributed by atoms with E-state index in [4.69, 9.17) is 11.1 Å². The van der Waals surface area contributed by atoms with Crippen molar-refractivity contribution in [1.29, 1.82) is 5.41 Å². The van der Waals surface area contributed by atoms with E-state index < -0.39 is 5.60 Å². The Balaban J connectivity index is 2.24. The Morgan fingerprint density at radius 1 is 1.47 bits per heavy atom. The van der Waals surface area contributed by atoms with E-state index in [0.717, 1.165) is 35.8 Å². The van der Waals surface area contributed by atoms with Crippen LogP contribution >= 0.6 is 15.9 Å². The average Bonchev–Trinajstić information content (AvgIpc) is 2.75. The van der Waals surface area contributed by atoms with E-state index in [0.29, 0.717) is 12.1 Å². The Hall–Kier alpha value is -1.07. The molecule has 5 heteroatoms. The van der Waals surface area contributed by atoms with Crippen LogP contribution in [0.15, 0.2) is 22.7 Å². The summed E-state index contributed by atoms with van der Waals surface area (Å²) in [4.78, 5) is 1.99. The molecule has 104 valence electrons. The summed E-state index contributed by atoms with van der Waals surface area (Å²) in [5.41, 5.74) is 6.59. The number of amidine groups is 1. The van der Waals surface area contributed by atoms with Gasteiger partial charge in [0.2, 0.25) is 0 Å². The van der Waals surface area contributed by atoms with Crippen LogP contribution in [0.5, 0.6) is 0 Å². The maximum absolute atomic E-state index is 10.5. The summed E-state index contributed by atoms with van der Waals surface area (Å²) in [7, 11) is 1.94. The Morgan fingerprint density at radius 2 is 2.11 bits per heavy atom. The van der Waals surface area contributed by atoms with Gasteiger partial charge in [-0.15, -0.1) is 0 Å². The van der Waals surface area contributed by atoms with Crippen LogP contribution in [0.1, 0.15) is 31.2 Å². The Kier molecular flexibility index (Phi) is 4.16. The van der Waals surface area contributed by atoms with Crippen LogP contribution in [0.3, 0.4) is 0 Å². The molecule has 2 rings (SSSR count). The molecule has 0 aromatic heterocycles. The Morgan fingerprint density at radius 3 is 2.68 bits per heavy atom. The van der Waals surface area contributed by atoms with E-state index in [1.807, 2.05) is 30.1 Å². The fourth-order valence-corrected chi connectivity index (χ4v) is 3.12. The van der Waals surface area contributed by atoms with E-state index in [2.05, 4.69) is 15.9 Å². The zero-order chi connectivity index (χ0) is 14.0. The zero-order valence-corrected chi connectivity index (χ0v) is 12.7. The van der Waals surface area contributed by atoms with Crippen molar-refractivity contribution < 1.29 is 5.11 Å². The fourth-order valence-electron chi connectivity index (χ4n) is 2.77. The molecular weight excluding hydrogens is 306 g/mol. The minimum Gasteiger partial charge on any atom is -0.388 e. The van der Waals surface area contributed by atoms with Gasteiger partial charge in [0.25, 0.3) is 0 Å². The standard InChI is InChI=1S/C14H20BrN3O/c1-18(9-14(19)6-2-3-7-14)12-8-10(15)4-5-11(12)13(16)17/h4-5,8,19H,2-3,6-7,9H2,1H3,(H3,16,17). The molecule has 1 aromatic rings. The number of nitrogens with two attached hydrogens (primary N) is 1.